The molecule has 2 rings (SSSR count). The Hall–Kier alpha value is -3.16. The monoisotopic (exact) mass is 413 g/mol. The van der Waals surface area contributed by atoms with E-state index in [9.17, 15) is 14.4 Å². The van der Waals surface area contributed by atoms with Gasteiger partial charge >= 0.3 is 0 Å². The van der Waals surface area contributed by atoms with Gasteiger partial charge in [-0.25, -0.2) is 0 Å². The van der Waals surface area contributed by atoms with Crippen LogP contribution in [-0.4, -0.2) is 40.5 Å². The Morgan fingerprint density at radius 1 is 1.07 bits per heavy atom. The second-order valence-corrected chi connectivity index (χ2v) is 8.72. The summed E-state index contributed by atoms with van der Waals surface area (Å²) in [5.74, 6) is -0.466. The Morgan fingerprint density at radius 2 is 1.73 bits per heavy atom. The molecular weight excluding hydrogens is 382 g/mol. The molecule has 8 heteroatoms. The molecule has 1 aromatic heterocycles. The summed E-state index contributed by atoms with van der Waals surface area (Å²) in [5, 5.41) is 14.4. The average Bonchev–Trinajstić information content (AvgIpc) is 3.17. The van der Waals surface area contributed by atoms with Gasteiger partial charge in [-0.2, -0.15) is 5.10 Å². The maximum absolute atomic E-state index is 12.5. The number of nitrogens with zero attached hydrogens (tertiary/aromatic N) is 1. The van der Waals surface area contributed by atoms with E-state index in [1.54, 1.807) is 18.2 Å². The van der Waals surface area contributed by atoms with E-state index in [0.717, 1.165) is 5.56 Å². The van der Waals surface area contributed by atoms with E-state index in [0.29, 0.717) is 17.8 Å². The highest BCUT2D eigenvalue weighted by atomic mass is 16.2. The van der Waals surface area contributed by atoms with Gasteiger partial charge in [0.05, 0.1) is 12.7 Å². The molecule has 1 atom stereocenters. The molecule has 2 aromatic rings. The molecule has 30 heavy (non-hydrogen) atoms. The van der Waals surface area contributed by atoms with Crippen LogP contribution in [0, 0.1) is 5.92 Å². The molecule has 0 aliphatic rings. The molecule has 8 nitrogen and oxygen atoms in total. The standard InChI is InChI=1S/C22H31N5O3/c1-14(2)12-17(21(30)26-18-10-11-24-27-18)25-19(28)13-23-20(29)15-6-8-16(9-7-15)22(3,4)5/h6-11,14,17H,12-13H2,1-5H3,(H,23,29)(H,25,28)(H2,24,26,27,30). The number of rotatable bonds is 8. The summed E-state index contributed by atoms with van der Waals surface area (Å²) >= 11 is 0. The summed E-state index contributed by atoms with van der Waals surface area (Å²) < 4.78 is 0. The second-order valence-electron chi connectivity index (χ2n) is 8.72. The zero-order chi connectivity index (χ0) is 22.3. The fourth-order valence-electron chi connectivity index (χ4n) is 2.88. The summed E-state index contributed by atoms with van der Waals surface area (Å²) in [5.41, 5.74) is 1.60. The summed E-state index contributed by atoms with van der Waals surface area (Å²) in [6.07, 6.45) is 1.99. The third kappa shape index (κ3) is 7.02. The zero-order valence-electron chi connectivity index (χ0n) is 18.2. The topological polar surface area (TPSA) is 116 Å². The maximum atomic E-state index is 12.5. The number of carbonyl (C=O) groups excluding carboxylic acids is 3. The summed E-state index contributed by atoms with van der Waals surface area (Å²) in [7, 11) is 0. The minimum Gasteiger partial charge on any atom is -0.343 e. The number of hydrogen-bond acceptors (Lipinski definition) is 4. The van der Waals surface area contributed by atoms with Crippen LogP contribution in [-0.2, 0) is 15.0 Å². The summed E-state index contributed by atoms with van der Waals surface area (Å²) in [4.78, 5) is 37.2. The molecule has 0 aliphatic heterocycles. The summed E-state index contributed by atoms with van der Waals surface area (Å²) in [6, 6.07) is 8.21. The van der Waals surface area contributed by atoms with Crippen molar-refractivity contribution >= 4 is 23.5 Å². The summed E-state index contributed by atoms with van der Waals surface area (Å²) in [6.45, 7) is 10.0. The average molecular weight is 414 g/mol. The molecule has 0 fully saturated rings. The Balaban J connectivity index is 1.91. The van der Waals surface area contributed by atoms with Crippen molar-refractivity contribution in [1.82, 2.24) is 20.8 Å². The van der Waals surface area contributed by atoms with Crippen LogP contribution >= 0.6 is 0 Å². The lowest BCUT2D eigenvalue weighted by Gasteiger charge is -2.20. The van der Waals surface area contributed by atoms with Crippen molar-refractivity contribution in [3.8, 4) is 0 Å². The third-order valence-electron chi connectivity index (χ3n) is 4.54. The number of benzene rings is 1. The molecule has 3 amide bonds. The van der Waals surface area contributed by atoms with Crippen LogP contribution in [0.1, 0.15) is 57.0 Å². The Labute approximate surface area is 177 Å². The Kier molecular flexibility index (Phi) is 7.74. The number of aromatic amines is 1. The van der Waals surface area contributed by atoms with E-state index in [2.05, 4.69) is 46.9 Å². The predicted octanol–water partition coefficient (Wildman–Crippen LogP) is 2.61. The molecular formula is C22H31N5O3. The van der Waals surface area contributed by atoms with Gasteiger partial charge in [0.1, 0.15) is 11.9 Å². The van der Waals surface area contributed by atoms with Crippen molar-refractivity contribution in [1.29, 1.82) is 0 Å². The van der Waals surface area contributed by atoms with Crippen LogP contribution in [0.15, 0.2) is 36.5 Å². The van der Waals surface area contributed by atoms with Crippen molar-refractivity contribution in [3.05, 3.63) is 47.7 Å². The van der Waals surface area contributed by atoms with Crippen LogP contribution < -0.4 is 16.0 Å². The van der Waals surface area contributed by atoms with E-state index < -0.39 is 11.9 Å². The number of hydrogen-bond donors (Lipinski definition) is 4. The molecule has 4 N–H and O–H groups in total. The van der Waals surface area contributed by atoms with E-state index in [1.165, 1.54) is 6.20 Å². The normalized spacial score (nSPS) is 12.3. The van der Waals surface area contributed by atoms with Crippen molar-refractivity contribution in [2.24, 2.45) is 5.92 Å². The fraction of sp³-hybridized carbons (Fsp3) is 0.455. The number of anilines is 1. The lowest BCUT2D eigenvalue weighted by Crippen LogP contribution is -2.48. The Bertz CT molecular complexity index is 852. The fourth-order valence-corrected chi connectivity index (χ4v) is 2.88. The van der Waals surface area contributed by atoms with Crippen LogP contribution in [0.5, 0.6) is 0 Å². The second kappa shape index (κ2) is 10.0. The third-order valence-corrected chi connectivity index (χ3v) is 4.54. The number of amides is 3. The van der Waals surface area contributed by atoms with E-state index in [1.807, 2.05) is 26.0 Å². The molecule has 0 spiro atoms. The highest BCUT2D eigenvalue weighted by Crippen LogP contribution is 2.22. The number of nitrogens with one attached hydrogen (secondary N) is 4. The van der Waals surface area contributed by atoms with Crippen molar-refractivity contribution in [2.45, 2.75) is 52.5 Å². The van der Waals surface area contributed by atoms with E-state index >= 15 is 0 Å². The molecule has 162 valence electrons. The molecule has 1 unspecified atom stereocenters. The smallest absolute Gasteiger partial charge is 0.251 e. The first-order valence-electron chi connectivity index (χ1n) is 10.0. The lowest BCUT2D eigenvalue weighted by molar-refractivity contribution is -0.126. The largest absolute Gasteiger partial charge is 0.343 e. The quantitative estimate of drug-likeness (QED) is 0.532. The van der Waals surface area contributed by atoms with Gasteiger partial charge in [-0.05, 0) is 35.4 Å². The number of carbonyl (C=O) groups is 3. The van der Waals surface area contributed by atoms with Crippen LogP contribution in [0.25, 0.3) is 0 Å². The highest BCUT2D eigenvalue weighted by Gasteiger charge is 2.23. The van der Waals surface area contributed by atoms with Crippen LogP contribution in [0.4, 0.5) is 5.82 Å². The predicted molar refractivity (Wildman–Crippen MR) is 116 cm³/mol. The minimum atomic E-state index is -0.719. The van der Waals surface area contributed by atoms with Gasteiger partial charge in [0.2, 0.25) is 11.8 Å². The van der Waals surface area contributed by atoms with Crippen molar-refractivity contribution in [3.63, 3.8) is 0 Å². The first-order chi connectivity index (χ1) is 14.1. The first kappa shape index (κ1) is 23.1. The van der Waals surface area contributed by atoms with Gasteiger partial charge in [-0.15, -0.1) is 0 Å². The maximum Gasteiger partial charge on any atom is 0.251 e. The molecule has 0 bridgehead atoms. The molecule has 0 saturated heterocycles. The molecule has 0 radical (unpaired) electrons. The van der Waals surface area contributed by atoms with Crippen LogP contribution in [0.3, 0.4) is 0 Å². The molecule has 0 saturated carbocycles. The zero-order valence-corrected chi connectivity index (χ0v) is 18.2. The van der Waals surface area contributed by atoms with Gasteiger partial charge < -0.3 is 16.0 Å². The lowest BCUT2D eigenvalue weighted by atomic mass is 9.87. The van der Waals surface area contributed by atoms with Crippen molar-refractivity contribution < 1.29 is 14.4 Å². The van der Waals surface area contributed by atoms with Gasteiger partial charge in [0, 0.05) is 11.6 Å². The number of H-pyrrole nitrogens is 1. The highest BCUT2D eigenvalue weighted by molar-refractivity contribution is 5.99. The van der Waals surface area contributed by atoms with Crippen molar-refractivity contribution in [2.75, 3.05) is 11.9 Å². The minimum absolute atomic E-state index is 0.00290. The Morgan fingerprint density at radius 3 is 2.27 bits per heavy atom. The van der Waals surface area contributed by atoms with Gasteiger partial charge in [0.25, 0.3) is 5.91 Å². The molecule has 0 aliphatic carbocycles. The number of aromatic nitrogens is 2. The van der Waals surface area contributed by atoms with E-state index in [-0.39, 0.29) is 29.7 Å². The molecule has 1 aromatic carbocycles. The van der Waals surface area contributed by atoms with Gasteiger partial charge in [0.15, 0.2) is 0 Å². The first-order valence-corrected chi connectivity index (χ1v) is 10.0. The van der Waals surface area contributed by atoms with E-state index in [4.69, 9.17) is 0 Å². The van der Waals surface area contributed by atoms with Gasteiger partial charge in [-0.3, -0.25) is 19.5 Å². The SMILES string of the molecule is CC(C)CC(NC(=O)CNC(=O)c1ccc(C(C)(C)C)cc1)C(=O)Nc1ccn[nH]1. The van der Waals surface area contributed by atoms with Crippen LogP contribution in [0.2, 0.25) is 0 Å². The van der Waals surface area contributed by atoms with Gasteiger partial charge in [-0.1, -0.05) is 46.8 Å². The molecule has 1 heterocycles.